The number of hydrogen-bond acceptors (Lipinski definition) is 5. The minimum Gasteiger partial charge on any atom is -0.322 e. The first-order valence-electron chi connectivity index (χ1n) is 3.81. The third-order valence-corrected chi connectivity index (χ3v) is 1.53. The van der Waals surface area contributed by atoms with Crippen LogP contribution in [0.5, 0.6) is 0 Å². The predicted molar refractivity (Wildman–Crippen MR) is 47.0 cm³/mol. The first kappa shape index (κ1) is 9.53. The average molecular weight is 181 g/mol. The molecular weight excluding hydrogens is 170 g/mol. The fourth-order valence-corrected chi connectivity index (χ4v) is 0.686. The standard InChI is InChI=1S/C7H11N5O/c1-4-5(2)11-12-7(9-4)10-6(13)3-8/h3,8H2,1-2H3,(H,9,10,12,13). The van der Waals surface area contributed by atoms with Crippen LogP contribution in [0.4, 0.5) is 5.95 Å². The van der Waals surface area contributed by atoms with E-state index in [-0.39, 0.29) is 18.4 Å². The van der Waals surface area contributed by atoms with E-state index in [0.717, 1.165) is 11.4 Å². The Labute approximate surface area is 75.6 Å². The van der Waals surface area contributed by atoms with Crippen molar-refractivity contribution in [1.82, 2.24) is 15.2 Å². The Hall–Kier alpha value is -1.56. The van der Waals surface area contributed by atoms with Gasteiger partial charge in [0.05, 0.1) is 17.9 Å². The van der Waals surface area contributed by atoms with Crippen molar-refractivity contribution in [3.05, 3.63) is 11.4 Å². The lowest BCUT2D eigenvalue weighted by molar-refractivity contribution is -0.114. The number of amides is 1. The van der Waals surface area contributed by atoms with Crippen LogP contribution < -0.4 is 11.1 Å². The molecule has 3 N–H and O–H groups in total. The zero-order valence-corrected chi connectivity index (χ0v) is 7.53. The van der Waals surface area contributed by atoms with E-state index in [1.165, 1.54) is 0 Å². The largest absolute Gasteiger partial charge is 0.322 e. The summed E-state index contributed by atoms with van der Waals surface area (Å²) < 4.78 is 0. The molecule has 0 saturated heterocycles. The van der Waals surface area contributed by atoms with Crippen LogP contribution >= 0.6 is 0 Å². The second-order valence-corrected chi connectivity index (χ2v) is 2.56. The SMILES string of the molecule is Cc1nnc(NC(=O)CN)nc1C. The maximum atomic E-state index is 10.8. The highest BCUT2D eigenvalue weighted by atomic mass is 16.1. The number of anilines is 1. The molecule has 13 heavy (non-hydrogen) atoms. The predicted octanol–water partition coefficient (Wildman–Crippen LogP) is -0.614. The highest BCUT2D eigenvalue weighted by Gasteiger charge is 2.03. The lowest BCUT2D eigenvalue weighted by Gasteiger charge is -2.02. The van der Waals surface area contributed by atoms with Gasteiger partial charge in [0.15, 0.2) is 0 Å². The molecule has 6 heteroatoms. The summed E-state index contributed by atoms with van der Waals surface area (Å²) in [4.78, 5) is 14.8. The number of rotatable bonds is 2. The molecule has 0 radical (unpaired) electrons. The second kappa shape index (κ2) is 3.90. The first-order valence-corrected chi connectivity index (χ1v) is 3.81. The van der Waals surface area contributed by atoms with Gasteiger partial charge in [0.25, 0.3) is 0 Å². The topological polar surface area (TPSA) is 93.8 Å². The highest BCUT2D eigenvalue weighted by molar-refractivity contribution is 5.90. The maximum Gasteiger partial charge on any atom is 0.249 e. The van der Waals surface area contributed by atoms with Crippen molar-refractivity contribution in [2.45, 2.75) is 13.8 Å². The van der Waals surface area contributed by atoms with Crippen molar-refractivity contribution in [3.63, 3.8) is 0 Å². The number of carbonyl (C=O) groups is 1. The Balaban J connectivity index is 2.79. The Bertz CT molecular complexity index is 325. The molecule has 0 unspecified atom stereocenters. The summed E-state index contributed by atoms with van der Waals surface area (Å²) >= 11 is 0. The van der Waals surface area contributed by atoms with E-state index in [1.807, 2.05) is 0 Å². The zero-order chi connectivity index (χ0) is 9.84. The van der Waals surface area contributed by atoms with E-state index >= 15 is 0 Å². The van der Waals surface area contributed by atoms with Crippen LogP contribution in [0.25, 0.3) is 0 Å². The average Bonchev–Trinajstić information content (AvgIpc) is 2.11. The van der Waals surface area contributed by atoms with E-state index in [9.17, 15) is 4.79 Å². The summed E-state index contributed by atoms with van der Waals surface area (Å²) in [6.45, 7) is 3.50. The molecule has 0 atom stereocenters. The third kappa shape index (κ3) is 2.45. The summed E-state index contributed by atoms with van der Waals surface area (Å²) in [5.74, 6) is -0.136. The van der Waals surface area contributed by atoms with E-state index < -0.39 is 0 Å². The smallest absolute Gasteiger partial charge is 0.249 e. The van der Waals surface area contributed by atoms with Gasteiger partial charge in [0, 0.05) is 0 Å². The molecule has 0 aliphatic heterocycles. The summed E-state index contributed by atoms with van der Waals surface area (Å²) in [6.07, 6.45) is 0. The Morgan fingerprint density at radius 3 is 2.62 bits per heavy atom. The van der Waals surface area contributed by atoms with Gasteiger partial charge in [0.1, 0.15) is 0 Å². The normalized spacial score (nSPS) is 9.77. The van der Waals surface area contributed by atoms with Gasteiger partial charge in [-0.1, -0.05) is 0 Å². The fourth-order valence-electron chi connectivity index (χ4n) is 0.686. The molecule has 1 rings (SSSR count). The van der Waals surface area contributed by atoms with E-state index in [4.69, 9.17) is 5.73 Å². The van der Waals surface area contributed by atoms with Gasteiger partial charge >= 0.3 is 0 Å². The molecule has 1 aromatic heterocycles. The molecule has 0 saturated carbocycles. The summed E-state index contributed by atoms with van der Waals surface area (Å²) in [6, 6.07) is 0. The Morgan fingerprint density at radius 1 is 1.38 bits per heavy atom. The molecule has 0 aromatic carbocycles. The molecule has 0 aliphatic rings. The third-order valence-electron chi connectivity index (χ3n) is 1.53. The summed E-state index contributed by atoms with van der Waals surface area (Å²) in [5, 5.41) is 9.89. The Kier molecular flexibility index (Phi) is 2.86. The fraction of sp³-hybridized carbons (Fsp3) is 0.429. The first-order chi connectivity index (χ1) is 6.13. The monoisotopic (exact) mass is 181 g/mol. The van der Waals surface area contributed by atoms with Crippen LogP contribution in [0, 0.1) is 13.8 Å². The van der Waals surface area contributed by atoms with E-state index in [0.29, 0.717) is 0 Å². The van der Waals surface area contributed by atoms with Gasteiger partial charge in [-0.15, -0.1) is 5.10 Å². The lowest BCUT2D eigenvalue weighted by Crippen LogP contribution is -2.23. The van der Waals surface area contributed by atoms with Gasteiger partial charge < -0.3 is 5.73 Å². The van der Waals surface area contributed by atoms with Crippen molar-refractivity contribution in [1.29, 1.82) is 0 Å². The van der Waals surface area contributed by atoms with Crippen molar-refractivity contribution in [3.8, 4) is 0 Å². The van der Waals surface area contributed by atoms with Crippen LogP contribution in [0.3, 0.4) is 0 Å². The molecule has 1 amide bonds. The van der Waals surface area contributed by atoms with Crippen LogP contribution in [0.1, 0.15) is 11.4 Å². The van der Waals surface area contributed by atoms with Gasteiger partial charge in [-0.2, -0.15) is 5.10 Å². The van der Waals surface area contributed by atoms with E-state index in [2.05, 4.69) is 20.5 Å². The van der Waals surface area contributed by atoms with Crippen molar-refractivity contribution < 1.29 is 4.79 Å². The highest BCUT2D eigenvalue weighted by Crippen LogP contribution is 2.00. The zero-order valence-electron chi connectivity index (χ0n) is 7.53. The van der Waals surface area contributed by atoms with Gasteiger partial charge in [-0.3, -0.25) is 10.1 Å². The van der Waals surface area contributed by atoms with Gasteiger partial charge in [-0.05, 0) is 13.8 Å². The molecule has 0 aliphatic carbocycles. The number of nitrogens with one attached hydrogen (secondary N) is 1. The molecule has 0 bridgehead atoms. The van der Waals surface area contributed by atoms with Crippen LogP contribution in [-0.2, 0) is 4.79 Å². The number of aryl methyl sites for hydroxylation is 2. The number of aromatic nitrogens is 3. The minimum absolute atomic E-state index is 0.0870. The van der Waals surface area contributed by atoms with E-state index in [1.54, 1.807) is 13.8 Å². The summed E-state index contributed by atoms with van der Waals surface area (Å²) in [7, 11) is 0. The molecule has 1 heterocycles. The molecular formula is C7H11N5O. The van der Waals surface area contributed by atoms with Gasteiger partial charge in [-0.25, -0.2) is 4.98 Å². The van der Waals surface area contributed by atoms with Crippen LogP contribution in [0.2, 0.25) is 0 Å². The summed E-state index contributed by atoms with van der Waals surface area (Å²) in [5.41, 5.74) is 6.58. The number of hydrogen-bond donors (Lipinski definition) is 2. The molecule has 0 spiro atoms. The minimum atomic E-state index is -0.329. The number of nitrogens with zero attached hydrogens (tertiary/aromatic N) is 3. The second-order valence-electron chi connectivity index (χ2n) is 2.56. The number of carbonyl (C=O) groups excluding carboxylic acids is 1. The molecule has 70 valence electrons. The lowest BCUT2D eigenvalue weighted by atomic mass is 10.4. The van der Waals surface area contributed by atoms with Gasteiger partial charge in [0.2, 0.25) is 11.9 Å². The molecule has 1 aromatic rings. The molecule has 6 nitrogen and oxygen atoms in total. The number of nitrogens with two attached hydrogens (primary N) is 1. The van der Waals surface area contributed by atoms with Crippen molar-refractivity contribution in [2.75, 3.05) is 11.9 Å². The van der Waals surface area contributed by atoms with Crippen LogP contribution in [0.15, 0.2) is 0 Å². The molecule has 0 fully saturated rings. The maximum absolute atomic E-state index is 10.8. The quantitative estimate of drug-likeness (QED) is 0.634. The van der Waals surface area contributed by atoms with Crippen LogP contribution in [-0.4, -0.2) is 27.6 Å². The van der Waals surface area contributed by atoms with Crippen molar-refractivity contribution in [2.24, 2.45) is 5.73 Å². The van der Waals surface area contributed by atoms with Crippen molar-refractivity contribution >= 4 is 11.9 Å². The Morgan fingerprint density at radius 2 is 2.08 bits per heavy atom.